The van der Waals surface area contributed by atoms with E-state index in [1.807, 2.05) is 6.08 Å². The van der Waals surface area contributed by atoms with Crippen molar-refractivity contribution in [2.24, 2.45) is 0 Å². The summed E-state index contributed by atoms with van der Waals surface area (Å²) in [5, 5.41) is 23.4. The van der Waals surface area contributed by atoms with Gasteiger partial charge in [0.2, 0.25) is 0 Å². The van der Waals surface area contributed by atoms with Gasteiger partial charge in [-0.05, 0) is 56.8 Å². The monoisotopic (exact) mass is 460 g/mol. The Labute approximate surface area is 207 Å². The zero-order chi connectivity index (χ0) is 24.5. The molecule has 2 aliphatic carbocycles. The van der Waals surface area contributed by atoms with Crippen LogP contribution in [-0.4, -0.2) is 10.2 Å². The summed E-state index contributed by atoms with van der Waals surface area (Å²) in [4.78, 5) is 0. The summed E-state index contributed by atoms with van der Waals surface area (Å²) in [6.45, 7) is 12.9. The minimum atomic E-state index is -0.116. The molecular formula is C32H44O2. The van der Waals surface area contributed by atoms with E-state index in [0.717, 1.165) is 47.9 Å². The van der Waals surface area contributed by atoms with Crippen molar-refractivity contribution in [3.63, 3.8) is 0 Å². The van der Waals surface area contributed by atoms with Crippen LogP contribution in [0.5, 0.6) is 11.5 Å². The van der Waals surface area contributed by atoms with Crippen LogP contribution in [0.4, 0.5) is 0 Å². The van der Waals surface area contributed by atoms with Crippen LogP contribution in [0.2, 0.25) is 0 Å². The second kappa shape index (κ2) is 9.80. The molecule has 0 unspecified atom stereocenters. The summed E-state index contributed by atoms with van der Waals surface area (Å²) in [6, 6.07) is 8.64. The highest BCUT2D eigenvalue weighted by Gasteiger charge is 2.36. The van der Waals surface area contributed by atoms with Crippen molar-refractivity contribution in [1.82, 2.24) is 0 Å². The molecule has 0 bridgehead atoms. The fourth-order valence-corrected chi connectivity index (χ4v) is 6.86. The minimum absolute atomic E-state index is 0.0111. The summed E-state index contributed by atoms with van der Waals surface area (Å²) >= 11 is 0. The van der Waals surface area contributed by atoms with Crippen LogP contribution >= 0.6 is 0 Å². The summed E-state index contributed by atoms with van der Waals surface area (Å²) in [5.41, 5.74) is 6.41. The van der Waals surface area contributed by atoms with E-state index in [1.165, 1.54) is 49.7 Å². The smallest absolute Gasteiger partial charge is 0.123 e. The Bertz CT molecular complexity index is 956. The van der Waals surface area contributed by atoms with Gasteiger partial charge in [-0.1, -0.05) is 93.8 Å². The maximum absolute atomic E-state index is 11.7. The van der Waals surface area contributed by atoms with Gasteiger partial charge in [-0.2, -0.15) is 0 Å². The molecule has 2 heteroatoms. The normalized spacial score (nSPS) is 19.8. The lowest BCUT2D eigenvalue weighted by atomic mass is 9.68. The van der Waals surface area contributed by atoms with E-state index in [1.54, 1.807) is 0 Å². The lowest BCUT2D eigenvalue weighted by Crippen LogP contribution is -2.26. The average molecular weight is 461 g/mol. The third-order valence-electron chi connectivity index (χ3n) is 8.94. The number of rotatable bonds is 6. The third-order valence-corrected chi connectivity index (χ3v) is 8.94. The van der Waals surface area contributed by atoms with Crippen LogP contribution in [0.1, 0.15) is 124 Å². The standard InChI is InChI=1S/C32H44O2/c1-6-13-24(25-18-22(2)20-27(29(25)33)31(4)14-9-7-10-15-31)26-19-23(3)21-28(30(26)34)32(5)16-11-8-12-17-32/h6,18-21,24,33-34H,1,7-17H2,2-5H3. The third kappa shape index (κ3) is 4.66. The molecule has 0 aromatic heterocycles. The zero-order valence-corrected chi connectivity index (χ0v) is 21.8. The van der Waals surface area contributed by atoms with Crippen molar-refractivity contribution in [3.05, 3.63) is 70.3 Å². The molecule has 4 rings (SSSR count). The molecule has 0 saturated heterocycles. The Morgan fingerprint density at radius 3 is 1.47 bits per heavy atom. The first-order chi connectivity index (χ1) is 16.2. The fourth-order valence-electron chi connectivity index (χ4n) is 6.86. The number of hydrogen-bond acceptors (Lipinski definition) is 2. The van der Waals surface area contributed by atoms with Gasteiger partial charge in [-0.25, -0.2) is 0 Å². The van der Waals surface area contributed by atoms with Gasteiger partial charge < -0.3 is 10.2 Å². The quantitative estimate of drug-likeness (QED) is 0.423. The number of allylic oxidation sites excluding steroid dienone is 1. The van der Waals surface area contributed by atoms with Crippen LogP contribution in [-0.2, 0) is 10.8 Å². The second-order valence-electron chi connectivity index (χ2n) is 11.8. The predicted molar refractivity (Wildman–Crippen MR) is 143 cm³/mol. The molecule has 2 fully saturated rings. The van der Waals surface area contributed by atoms with Crippen LogP contribution in [0.3, 0.4) is 0 Å². The van der Waals surface area contributed by atoms with E-state index in [-0.39, 0.29) is 16.7 Å². The summed E-state index contributed by atoms with van der Waals surface area (Å²) < 4.78 is 0. The molecule has 2 nitrogen and oxygen atoms in total. The minimum Gasteiger partial charge on any atom is -0.507 e. The Balaban J connectivity index is 1.86. The number of aryl methyl sites for hydroxylation is 2. The van der Waals surface area contributed by atoms with E-state index < -0.39 is 0 Å². The average Bonchev–Trinajstić information content (AvgIpc) is 2.81. The van der Waals surface area contributed by atoms with Gasteiger partial charge >= 0.3 is 0 Å². The number of aromatic hydroxyl groups is 2. The summed E-state index contributed by atoms with van der Waals surface area (Å²) in [6.07, 6.45) is 14.5. The topological polar surface area (TPSA) is 40.5 Å². The van der Waals surface area contributed by atoms with E-state index in [0.29, 0.717) is 17.9 Å². The molecule has 2 aromatic carbocycles. The Hall–Kier alpha value is -2.22. The maximum Gasteiger partial charge on any atom is 0.123 e. The largest absolute Gasteiger partial charge is 0.507 e. The molecule has 2 saturated carbocycles. The molecule has 0 amide bonds. The van der Waals surface area contributed by atoms with Crippen LogP contribution in [0, 0.1) is 13.8 Å². The Morgan fingerprint density at radius 1 is 0.735 bits per heavy atom. The highest BCUT2D eigenvalue weighted by atomic mass is 16.3. The van der Waals surface area contributed by atoms with Crippen molar-refractivity contribution < 1.29 is 10.2 Å². The lowest BCUT2D eigenvalue weighted by molar-refractivity contribution is 0.305. The first-order valence-electron chi connectivity index (χ1n) is 13.5. The van der Waals surface area contributed by atoms with Crippen molar-refractivity contribution in [2.45, 2.75) is 115 Å². The molecule has 0 radical (unpaired) electrons. The van der Waals surface area contributed by atoms with Gasteiger partial charge in [0.05, 0.1) is 0 Å². The SMILES string of the molecule is C=CCC(c1cc(C)cc(C2(C)CCCCC2)c1O)c1cc(C)cc(C2(C)CCCCC2)c1O. The number of phenols is 2. The van der Waals surface area contributed by atoms with E-state index >= 15 is 0 Å². The van der Waals surface area contributed by atoms with Gasteiger partial charge in [0.15, 0.2) is 0 Å². The number of benzene rings is 2. The van der Waals surface area contributed by atoms with Gasteiger partial charge in [-0.3, -0.25) is 0 Å². The molecule has 2 aliphatic rings. The van der Waals surface area contributed by atoms with Crippen LogP contribution in [0.15, 0.2) is 36.9 Å². The van der Waals surface area contributed by atoms with E-state index in [9.17, 15) is 10.2 Å². The number of phenolic OH excluding ortho intramolecular Hbond substituents is 2. The Morgan fingerprint density at radius 2 is 1.12 bits per heavy atom. The highest BCUT2D eigenvalue weighted by Crippen LogP contribution is 2.50. The molecule has 0 aliphatic heterocycles. The summed E-state index contributed by atoms with van der Waals surface area (Å²) in [5.74, 6) is 0.732. The van der Waals surface area contributed by atoms with E-state index in [4.69, 9.17) is 0 Å². The molecule has 2 N–H and O–H groups in total. The van der Waals surface area contributed by atoms with Crippen molar-refractivity contribution in [1.29, 1.82) is 0 Å². The van der Waals surface area contributed by atoms with Gasteiger partial charge in [-0.15, -0.1) is 6.58 Å². The first-order valence-corrected chi connectivity index (χ1v) is 13.5. The van der Waals surface area contributed by atoms with Crippen molar-refractivity contribution in [3.8, 4) is 11.5 Å². The lowest BCUT2D eigenvalue weighted by Gasteiger charge is -2.37. The molecule has 0 spiro atoms. The maximum atomic E-state index is 11.7. The molecule has 0 heterocycles. The van der Waals surface area contributed by atoms with Gasteiger partial charge in [0.1, 0.15) is 11.5 Å². The molecular weight excluding hydrogens is 416 g/mol. The zero-order valence-electron chi connectivity index (χ0n) is 21.8. The fraction of sp³-hybridized carbons (Fsp3) is 0.562. The highest BCUT2D eigenvalue weighted by molar-refractivity contribution is 5.56. The van der Waals surface area contributed by atoms with Crippen LogP contribution in [0.25, 0.3) is 0 Å². The summed E-state index contributed by atoms with van der Waals surface area (Å²) in [7, 11) is 0. The van der Waals surface area contributed by atoms with Crippen molar-refractivity contribution >= 4 is 0 Å². The molecule has 34 heavy (non-hydrogen) atoms. The van der Waals surface area contributed by atoms with Crippen LogP contribution < -0.4 is 0 Å². The first kappa shape index (κ1) is 24.9. The predicted octanol–water partition coefficient (Wildman–Crippen LogP) is 8.87. The van der Waals surface area contributed by atoms with E-state index in [2.05, 4.69) is 58.5 Å². The van der Waals surface area contributed by atoms with Crippen molar-refractivity contribution in [2.75, 3.05) is 0 Å². The molecule has 2 aromatic rings. The Kier molecular flexibility index (Phi) is 7.17. The van der Waals surface area contributed by atoms with Gasteiger partial charge in [0.25, 0.3) is 0 Å². The van der Waals surface area contributed by atoms with Gasteiger partial charge in [0, 0.05) is 28.2 Å². The molecule has 0 atom stereocenters. The second-order valence-corrected chi connectivity index (χ2v) is 11.8. The molecule has 184 valence electrons. The number of hydrogen-bond donors (Lipinski definition) is 2.